The SMILES string of the molecule is COC(=O)[C@H](CC[S@](=O)c1ccccc1)NC(=O)[C@H](Cc1ccccc1)NC(C)=O. The lowest BCUT2D eigenvalue weighted by Gasteiger charge is -2.22. The minimum atomic E-state index is -1.32. The van der Waals surface area contributed by atoms with Gasteiger partial charge in [-0.2, -0.15) is 0 Å². The average molecular weight is 431 g/mol. The molecule has 0 bridgehead atoms. The molecule has 0 aromatic heterocycles. The number of rotatable bonds is 10. The Hall–Kier alpha value is -3.00. The van der Waals surface area contributed by atoms with Gasteiger partial charge in [-0.25, -0.2) is 4.79 Å². The Balaban J connectivity index is 2.06. The van der Waals surface area contributed by atoms with E-state index < -0.39 is 34.8 Å². The summed E-state index contributed by atoms with van der Waals surface area (Å²) in [6.45, 7) is 1.33. The summed E-state index contributed by atoms with van der Waals surface area (Å²) in [5.41, 5.74) is 0.867. The third-order valence-corrected chi connectivity index (χ3v) is 5.78. The van der Waals surface area contributed by atoms with Gasteiger partial charge < -0.3 is 15.4 Å². The van der Waals surface area contributed by atoms with E-state index in [4.69, 9.17) is 4.74 Å². The molecule has 0 heterocycles. The molecule has 0 unspecified atom stereocenters. The monoisotopic (exact) mass is 430 g/mol. The first-order valence-corrected chi connectivity index (χ1v) is 10.8. The van der Waals surface area contributed by atoms with E-state index in [1.165, 1.54) is 14.0 Å². The molecule has 0 fully saturated rings. The molecule has 0 spiro atoms. The summed E-state index contributed by atoms with van der Waals surface area (Å²) in [6.07, 6.45) is 0.411. The maximum Gasteiger partial charge on any atom is 0.328 e. The number of carbonyl (C=O) groups is 3. The summed E-state index contributed by atoms with van der Waals surface area (Å²) in [6, 6.07) is 16.3. The van der Waals surface area contributed by atoms with Crippen molar-refractivity contribution in [1.82, 2.24) is 10.6 Å². The summed E-state index contributed by atoms with van der Waals surface area (Å²) in [5, 5.41) is 5.26. The fourth-order valence-electron chi connectivity index (χ4n) is 2.88. The lowest BCUT2D eigenvalue weighted by molar-refractivity contribution is -0.145. The summed E-state index contributed by atoms with van der Waals surface area (Å²) < 4.78 is 17.2. The van der Waals surface area contributed by atoms with Crippen LogP contribution in [0.1, 0.15) is 18.9 Å². The zero-order valence-corrected chi connectivity index (χ0v) is 17.8. The lowest BCUT2D eigenvalue weighted by Crippen LogP contribution is -2.52. The van der Waals surface area contributed by atoms with Crippen LogP contribution in [0.15, 0.2) is 65.6 Å². The van der Waals surface area contributed by atoms with Gasteiger partial charge in [0.1, 0.15) is 12.1 Å². The van der Waals surface area contributed by atoms with Gasteiger partial charge in [0.25, 0.3) is 0 Å². The van der Waals surface area contributed by atoms with Gasteiger partial charge in [0.05, 0.1) is 17.9 Å². The number of esters is 1. The molecular formula is C22H26N2O5S. The molecule has 2 rings (SSSR count). The van der Waals surface area contributed by atoms with Crippen molar-refractivity contribution in [1.29, 1.82) is 0 Å². The van der Waals surface area contributed by atoms with Crippen molar-refractivity contribution in [3.05, 3.63) is 66.2 Å². The first kappa shape index (κ1) is 23.3. The van der Waals surface area contributed by atoms with Gasteiger partial charge in [-0.15, -0.1) is 0 Å². The number of carbonyl (C=O) groups excluding carboxylic acids is 3. The molecule has 7 nitrogen and oxygen atoms in total. The molecule has 0 saturated heterocycles. The number of nitrogens with one attached hydrogen (secondary N) is 2. The van der Waals surface area contributed by atoms with E-state index in [0.29, 0.717) is 4.90 Å². The highest BCUT2D eigenvalue weighted by atomic mass is 32.2. The van der Waals surface area contributed by atoms with Gasteiger partial charge in [0, 0.05) is 24.0 Å². The van der Waals surface area contributed by atoms with Gasteiger partial charge in [0.15, 0.2) is 0 Å². The second kappa shape index (κ2) is 11.9. The van der Waals surface area contributed by atoms with Crippen LogP contribution in [0.25, 0.3) is 0 Å². The van der Waals surface area contributed by atoms with Crippen LogP contribution in [0.5, 0.6) is 0 Å². The molecular weight excluding hydrogens is 404 g/mol. The molecule has 160 valence electrons. The van der Waals surface area contributed by atoms with Crippen LogP contribution in [0.3, 0.4) is 0 Å². The number of methoxy groups -OCH3 is 1. The van der Waals surface area contributed by atoms with Crippen molar-refractivity contribution in [2.45, 2.75) is 36.7 Å². The molecule has 3 atom stereocenters. The Kier molecular flexibility index (Phi) is 9.21. The van der Waals surface area contributed by atoms with E-state index in [-0.39, 0.29) is 24.5 Å². The topological polar surface area (TPSA) is 102 Å². The molecule has 2 N–H and O–H groups in total. The van der Waals surface area contributed by atoms with Crippen molar-refractivity contribution in [3.8, 4) is 0 Å². The van der Waals surface area contributed by atoms with Crippen LogP contribution in [0.4, 0.5) is 0 Å². The molecule has 0 aliphatic heterocycles. The number of amides is 2. The van der Waals surface area contributed by atoms with E-state index in [9.17, 15) is 18.6 Å². The minimum Gasteiger partial charge on any atom is -0.467 e. The first-order chi connectivity index (χ1) is 14.4. The fourth-order valence-corrected chi connectivity index (χ4v) is 4.03. The predicted molar refractivity (Wildman–Crippen MR) is 114 cm³/mol. The van der Waals surface area contributed by atoms with Crippen LogP contribution in [-0.2, 0) is 36.3 Å². The van der Waals surface area contributed by atoms with Crippen molar-refractivity contribution in [2.24, 2.45) is 0 Å². The van der Waals surface area contributed by atoms with Gasteiger partial charge >= 0.3 is 5.97 Å². The Labute approximate surface area is 178 Å². The summed E-state index contributed by atoms with van der Waals surface area (Å²) in [5.74, 6) is -1.32. The quantitative estimate of drug-likeness (QED) is 0.558. The largest absolute Gasteiger partial charge is 0.467 e. The molecule has 2 aromatic rings. The Morgan fingerprint density at radius 1 is 0.933 bits per heavy atom. The average Bonchev–Trinajstić information content (AvgIpc) is 2.76. The van der Waals surface area contributed by atoms with Crippen LogP contribution in [-0.4, -0.2) is 46.9 Å². The maximum absolute atomic E-state index is 12.8. The molecule has 0 aliphatic carbocycles. The smallest absolute Gasteiger partial charge is 0.328 e. The lowest BCUT2D eigenvalue weighted by atomic mass is 10.0. The number of ether oxygens (including phenoxy) is 1. The highest BCUT2D eigenvalue weighted by molar-refractivity contribution is 7.85. The molecule has 0 saturated carbocycles. The minimum absolute atomic E-state index is 0.137. The van der Waals surface area contributed by atoms with Gasteiger partial charge in [0.2, 0.25) is 11.8 Å². The zero-order chi connectivity index (χ0) is 21.9. The molecule has 2 aromatic carbocycles. The second-order valence-corrected chi connectivity index (χ2v) is 8.25. The molecule has 0 aliphatic rings. The molecule has 8 heteroatoms. The highest BCUT2D eigenvalue weighted by Gasteiger charge is 2.27. The number of benzene rings is 2. The summed E-state index contributed by atoms with van der Waals surface area (Å²) in [4.78, 5) is 37.2. The van der Waals surface area contributed by atoms with Gasteiger partial charge in [-0.05, 0) is 24.1 Å². The van der Waals surface area contributed by atoms with Crippen molar-refractivity contribution >= 4 is 28.6 Å². The van der Waals surface area contributed by atoms with Crippen LogP contribution < -0.4 is 10.6 Å². The second-order valence-electron chi connectivity index (χ2n) is 6.68. The Morgan fingerprint density at radius 3 is 2.10 bits per heavy atom. The standard InChI is InChI=1S/C22H26N2O5S/c1-16(25)23-20(15-17-9-5-3-6-10-17)21(26)24-19(22(27)29-2)13-14-30(28)18-11-7-4-8-12-18/h3-12,19-20H,13-15H2,1-2H3,(H,23,25)(H,24,26)/t19-,20-,30-/m0/s1. The maximum atomic E-state index is 12.8. The van der Waals surface area contributed by atoms with Crippen LogP contribution in [0, 0.1) is 0 Å². The molecule has 0 radical (unpaired) electrons. The fraction of sp³-hybridized carbons (Fsp3) is 0.318. The molecule has 30 heavy (non-hydrogen) atoms. The summed E-state index contributed by atoms with van der Waals surface area (Å²) in [7, 11) is -0.0904. The Morgan fingerprint density at radius 2 is 1.53 bits per heavy atom. The van der Waals surface area contributed by atoms with Gasteiger partial charge in [-0.1, -0.05) is 48.5 Å². The highest BCUT2D eigenvalue weighted by Crippen LogP contribution is 2.09. The molecule has 2 amide bonds. The number of hydrogen-bond donors (Lipinski definition) is 2. The van der Waals surface area contributed by atoms with E-state index in [1.54, 1.807) is 24.3 Å². The van der Waals surface area contributed by atoms with Crippen LogP contribution >= 0.6 is 0 Å². The normalized spacial score (nSPS) is 13.5. The number of hydrogen-bond acceptors (Lipinski definition) is 5. The zero-order valence-electron chi connectivity index (χ0n) is 17.0. The van der Waals surface area contributed by atoms with Gasteiger partial charge in [-0.3, -0.25) is 13.8 Å². The third kappa shape index (κ3) is 7.44. The van der Waals surface area contributed by atoms with Crippen molar-refractivity contribution < 1.29 is 23.3 Å². The van der Waals surface area contributed by atoms with Crippen molar-refractivity contribution in [2.75, 3.05) is 12.9 Å². The van der Waals surface area contributed by atoms with Crippen molar-refractivity contribution in [3.63, 3.8) is 0 Å². The summed E-state index contributed by atoms with van der Waals surface area (Å²) >= 11 is 0. The third-order valence-electron chi connectivity index (χ3n) is 4.38. The van der Waals surface area contributed by atoms with E-state index in [1.807, 2.05) is 36.4 Å². The van der Waals surface area contributed by atoms with E-state index in [2.05, 4.69) is 10.6 Å². The Bertz CT molecular complexity index is 874. The van der Waals surface area contributed by atoms with Crippen LogP contribution in [0.2, 0.25) is 0 Å². The van der Waals surface area contributed by atoms with E-state index >= 15 is 0 Å². The first-order valence-electron chi connectivity index (χ1n) is 9.53. The predicted octanol–water partition coefficient (Wildman–Crippen LogP) is 1.59. The van der Waals surface area contributed by atoms with E-state index in [0.717, 1.165) is 5.56 Å².